The molecule has 0 heterocycles. The van der Waals surface area contributed by atoms with Gasteiger partial charge in [0.05, 0.1) is 0 Å². The number of unbranched alkanes of at least 4 members (excludes halogenated alkanes) is 3. The second kappa shape index (κ2) is 8.51. The number of allylic oxidation sites excluding steroid dienone is 2. The van der Waals surface area contributed by atoms with Gasteiger partial charge in [0.15, 0.2) is 0 Å². The molecule has 0 aliphatic heterocycles. The first-order valence-corrected chi connectivity index (χ1v) is 4.91. The number of ketones is 1. The fourth-order valence-corrected chi connectivity index (χ4v) is 1.03. The van der Waals surface area contributed by atoms with Crippen LogP contribution in [0.3, 0.4) is 0 Å². The normalized spacial score (nSPS) is 10.8. The third-order valence-corrected chi connectivity index (χ3v) is 1.80. The van der Waals surface area contributed by atoms with Crippen molar-refractivity contribution in [3.8, 4) is 0 Å². The van der Waals surface area contributed by atoms with Gasteiger partial charge in [-0.2, -0.15) is 0 Å². The van der Waals surface area contributed by atoms with Gasteiger partial charge in [-0.05, 0) is 26.2 Å². The Morgan fingerprint density at radius 1 is 1.17 bits per heavy atom. The molecule has 0 spiro atoms. The number of Topliss-reactive ketones (excluding diaryl/α,β-unsaturated/α-hetero) is 1. The van der Waals surface area contributed by atoms with Crippen molar-refractivity contribution in [1.82, 2.24) is 0 Å². The first kappa shape index (κ1) is 11.4. The molecule has 0 radical (unpaired) electrons. The van der Waals surface area contributed by atoms with Crippen LogP contribution >= 0.6 is 0 Å². The van der Waals surface area contributed by atoms with Crippen LogP contribution in [0, 0.1) is 0 Å². The Morgan fingerprint density at radius 2 is 1.83 bits per heavy atom. The van der Waals surface area contributed by atoms with E-state index < -0.39 is 0 Å². The highest BCUT2D eigenvalue weighted by molar-refractivity contribution is 5.75. The van der Waals surface area contributed by atoms with Crippen LogP contribution in [0.15, 0.2) is 12.2 Å². The maximum absolute atomic E-state index is 10.5. The lowest BCUT2D eigenvalue weighted by molar-refractivity contribution is -0.116. The molecule has 1 heteroatoms. The summed E-state index contributed by atoms with van der Waals surface area (Å²) in [5.74, 6) is 0.285. The highest BCUT2D eigenvalue weighted by Gasteiger charge is 1.88. The van der Waals surface area contributed by atoms with Crippen LogP contribution < -0.4 is 0 Å². The van der Waals surface area contributed by atoms with Crippen molar-refractivity contribution in [1.29, 1.82) is 0 Å². The minimum atomic E-state index is 0.285. The molecule has 0 aliphatic carbocycles. The molecule has 70 valence electrons. The molecule has 0 amide bonds. The molecule has 0 saturated carbocycles. The van der Waals surface area contributed by atoms with Gasteiger partial charge in [-0.1, -0.05) is 31.9 Å². The van der Waals surface area contributed by atoms with Crippen LogP contribution in [0.4, 0.5) is 0 Å². The second-order valence-electron chi connectivity index (χ2n) is 3.21. The second-order valence-corrected chi connectivity index (χ2v) is 3.21. The predicted molar refractivity (Wildman–Crippen MR) is 53.2 cm³/mol. The van der Waals surface area contributed by atoms with E-state index in [1.54, 1.807) is 6.92 Å². The quantitative estimate of drug-likeness (QED) is 0.420. The lowest BCUT2D eigenvalue weighted by Crippen LogP contribution is -1.86. The Morgan fingerprint density at radius 3 is 2.42 bits per heavy atom. The molecule has 0 atom stereocenters. The highest BCUT2D eigenvalue weighted by Crippen LogP contribution is 2.01. The molecule has 0 aliphatic rings. The maximum atomic E-state index is 10.5. The van der Waals surface area contributed by atoms with Gasteiger partial charge in [0, 0.05) is 6.42 Å². The molecule has 0 bridgehead atoms. The topological polar surface area (TPSA) is 17.1 Å². The number of hydrogen-bond donors (Lipinski definition) is 0. The Kier molecular flexibility index (Phi) is 8.09. The minimum absolute atomic E-state index is 0.285. The summed E-state index contributed by atoms with van der Waals surface area (Å²) < 4.78 is 0. The standard InChI is InChI=1S/C11H20O/c1-3-4-5-6-7-8-9-10-11(2)12/h7-8H,3-6,9-10H2,1-2H3/b8-7+. The zero-order valence-corrected chi connectivity index (χ0v) is 8.31. The first-order valence-electron chi connectivity index (χ1n) is 4.91. The Bertz CT molecular complexity index is 136. The molecule has 1 nitrogen and oxygen atoms in total. The average Bonchev–Trinajstić information content (AvgIpc) is 2.02. The summed E-state index contributed by atoms with van der Waals surface area (Å²) in [5, 5.41) is 0. The molecule has 0 saturated heterocycles. The van der Waals surface area contributed by atoms with Crippen LogP contribution in [0.5, 0.6) is 0 Å². The van der Waals surface area contributed by atoms with Gasteiger partial charge in [-0.3, -0.25) is 0 Å². The first-order chi connectivity index (χ1) is 5.77. The fourth-order valence-electron chi connectivity index (χ4n) is 1.03. The largest absolute Gasteiger partial charge is 0.300 e. The minimum Gasteiger partial charge on any atom is -0.300 e. The summed E-state index contributed by atoms with van der Waals surface area (Å²) >= 11 is 0. The van der Waals surface area contributed by atoms with Crippen molar-refractivity contribution in [2.24, 2.45) is 0 Å². The lowest BCUT2D eigenvalue weighted by Gasteiger charge is -1.91. The third kappa shape index (κ3) is 9.41. The number of carbonyl (C=O) groups is 1. The Balaban J connectivity index is 3.09. The summed E-state index contributed by atoms with van der Waals surface area (Å²) in [6.07, 6.45) is 11.0. The van der Waals surface area contributed by atoms with E-state index in [0.717, 1.165) is 6.42 Å². The van der Waals surface area contributed by atoms with E-state index in [0.29, 0.717) is 6.42 Å². The van der Waals surface area contributed by atoms with E-state index in [9.17, 15) is 4.79 Å². The summed E-state index contributed by atoms with van der Waals surface area (Å²) in [4.78, 5) is 10.5. The van der Waals surface area contributed by atoms with Crippen molar-refractivity contribution >= 4 is 5.78 Å². The lowest BCUT2D eigenvalue weighted by atomic mass is 10.1. The van der Waals surface area contributed by atoms with Gasteiger partial charge in [0.25, 0.3) is 0 Å². The van der Waals surface area contributed by atoms with Crippen molar-refractivity contribution in [3.05, 3.63) is 12.2 Å². The van der Waals surface area contributed by atoms with Crippen LogP contribution in [-0.2, 0) is 4.79 Å². The monoisotopic (exact) mass is 168 g/mol. The molecule has 0 aromatic carbocycles. The van der Waals surface area contributed by atoms with Crippen molar-refractivity contribution < 1.29 is 4.79 Å². The van der Waals surface area contributed by atoms with E-state index >= 15 is 0 Å². The summed E-state index contributed by atoms with van der Waals surface area (Å²) in [5.41, 5.74) is 0. The van der Waals surface area contributed by atoms with Crippen molar-refractivity contribution in [2.45, 2.75) is 52.4 Å². The van der Waals surface area contributed by atoms with Crippen LogP contribution in [-0.4, -0.2) is 5.78 Å². The summed E-state index contributed by atoms with van der Waals surface area (Å²) in [7, 11) is 0. The third-order valence-electron chi connectivity index (χ3n) is 1.80. The van der Waals surface area contributed by atoms with Crippen LogP contribution in [0.2, 0.25) is 0 Å². The molecule has 0 fully saturated rings. The molecule has 0 unspecified atom stereocenters. The fraction of sp³-hybridized carbons (Fsp3) is 0.727. The molecule has 0 N–H and O–H groups in total. The predicted octanol–water partition coefficient (Wildman–Crippen LogP) is 3.49. The zero-order chi connectivity index (χ0) is 9.23. The van der Waals surface area contributed by atoms with Gasteiger partial charge < -0.3 is 4.79 Å². The van der Waals surface area contributed by atoms with Gasteiger partial charge in [0.2, 0.25) is 0 Å². The van der Waals surface area contributed by atoms with E-state index in [4.69, 9.17) is 0 Å². The van der Waals surface area contributed by atoms with Gasteiger partial charge >= 0.3 is 0 Å². The molecular weight excluding hydrogens is 148 g/mol. The average molecular weight is 168 g/mol. The van der Waals surface area contributed by atoms with E-state index in [1.165, 1.54) is 25.7 Å². The van der Waals surface area contributed by atoms with Crippen molar-refractivity contribution in [3.63, 3.8) is 0 Å². The molecule has 12 heavy (non-hydrogen) atoms. The van der Waals surface area contributed by atoms with Gasteiger partial charge in [0.1, 0.15) is 5.78 Å². The Labute approximate surface area is 75.9 Å². The van der Waals surface area contributed by atoms with Crippen LogP contribution in [0.25, 0.3) is 0 Å². The molecule has 0 rings (SSSR count). The smallest absolute Gasteiger partial charge is 0.130 e. The van der Waals surface area contributed by atoms with E-state index in [1.807, 2.05) is 0 Å². The molecular formula is C11H20O. The van der Waals surface area contributed by atoms with Crippen LogP contribution in [0.1, 0.15) is 52.4 Å². The maximum Gasteiger partial charge on any atom is 0.130 e. The van der Waals surface area contributed by atoms with Crippen molar-refractivity contribution in [2.75, 3.05) is 0 Å². The number of carbonyl (C=O) groups excluding carboxylic acids is 1. The zero-order valence-electron chi connectivity index (χ0n) is 8.31. The van der Waals surface area contributed by atoms with Gasteiger partial charge in [-0.15, -0.1) is 0 Å². The molecule has 0 aromatic rings. The highest BCUT2D eigenvalue weighted by atomic mass is 16.1. The summed E-state index contributed by atoms with van der Waals surface area (Å²) in [6, 6.07) is 0. The number of hydrogen-bond acceptors (Lipinski definition) is 1. The molecule has 0 aromatic heterocycles. The summed E-state index contributed by atoms with van der Waals surface area (Å²) in [6.45, 7) is 3.85. The van der Waals surface area contributed by atoms with Gasteiger partial charge in [-0.25, -0.2) is 0 Å². The number of rotatable bonds is 7. The van der Waals surface area contributed by atoms with E-state index in [2.05, 4.69) is 19.1 Å². The Hall–Kier alpha value is -0.590. The SMILES string of the molecule is CCCCC/C=C/CCC(C)=O. The van der Waals surface area contributed by atoms with E-state index in [-0.39, 0.29) is 5.78 Å².